The molecule has 2 rings (SSSR count). The molecule has 0 atom stereocenters. The number of likely N-dealkylation sites (tertiary alicyclic amines) is 1. The summed E-state index contributed by atoms with van der Waals surface area (Å²) in [5, 5.41) is 5.89. The predicted molar refractivity (Wildman–Crippen MR) is 91.7 cm³/mol. The summed E-state index contributed by atoms with van der Waals surface area (Å²) in [6.07, 6.45) is 1.12. The van der Waals surface area contributed by atoms with Crippen LogP contribution in [0.4, 0.5) is 9.18 Å². The van der Waals surface area contributed by atoms with E-state index in [-0.39, 0.29) is 24.8 Å². The van der Waals surface area contributed by atoms with Crippen molar-refractivity contribution in [2.24, 2.45) is 0 Å². The molecule has 24 heavy (non-hydrogen) atoms. The van der Waals surface area contributed by atoms with E-state index in [9.17, 15) is 9.59 Å². The number of piperidine rings is 1. The first kappa shape index (κ1) is 18.5. The van der Waals surface area contributed by atoms with Crippen LogP contribution in [0.2, 0.25) is 5.02 Å². The van der Waals surface area contributed by atoms with Gasteiger partial charge in [0.2, 0.25) is 5.91 Å². The number of carbonyl (C=O) groups is 2. The standard InChI is InChI=1S/C17H23ClFN3O2/c1-13(23)20-9-4-10-21-16(24)22-11-7-17(19,8-12-22)14-5-2-3-6-15(14)18/h2-3,5-6H,4,7-12H2,1H3,(H,20,23)(H,21,24). The van der Waals surface area contributed by atoms with E-state index in [1.54, 1.807) is 29.2 Å². The summed E-state index contributed by atoms with van der Waals surface area (Å²) >= 11 is 6.10. The molecule has 0 aromatic heterocycles. The molecular formula is C17H23ClFN3O2. The number of benzene rings is 1. The molecule has 1 aromatic rings. The van der Waals surface area contributed by atoms with E-state index >= 15 is 4.39 Å². The van der Waals surface area contributed by atoms with E-state index in [0.29, 0.717) is 43.2 Å². The van der Waals surface area contributed by atoms with E-state index < -0.39 is 5.67 Å². The largest absolute Gasteiger partial charge is 0.356 e. The van der Waals surface area contributed by atoms with Crippen LogP contribution < -0.4 is 10.6 Å². The van der Waals surface area contributed by atoms with Crippen molar-refractivity contribution in [1.82, 2.24) is 15.5 Å². The molecule has 1 fully saturated rings. The molecule has 0 saturated carbocycles. The topological polar surface area (TPSA) is 61.4 Å². The average molecular weight is 356 g/mol. The summed E-state index contributed by atoms with van der Waals surface area (Å²) in [7, 11) is 0. The van der Waals surface area contributed by atoms with Gasteiger partial charge in [-0.25, -0.2) is 9.18 Å². The first-order valence-electron chi connectivity index (χ1n) is 8.13. The quantitative estimate of drug-likeness (QED) is 0.798. The smallest absolute Gasteiger partial charge is 0.317 e. The van der Waals surface area contributed by atoms with Crippen LogP contribution in [0.15, 0.2) is 24.3 Å². The fourth-order valence-corrected chi connectivity index (χ4v) is 3.12. The van der Waals surface area contributed by atoms with Gasteiger partial charge in [0.1, 0.15) is 5.67 Å². The molecule has 0 spiro atoms. The maximum Gasteiger partial charge on any atom is 0.317 e. The molecule has 1 heterocycles. The fraction of sp³-hybridized carbons (Fsp3) is 0.529. The van der Waals surface area contributed by atoms with E-state index in [4.69, 9.17) is 11.6 Å². The van der Waals surface area contributed by atoms with Gasteiger partial charge in [0.25, 0.3) is 0 Å². The molecule has 1 saturated heterocycles. The SMILES string of the molecule is CC(=O)NCCCNC(=O)N1CCC(F)(c2ccccc2Cl)CC1. The zero-order valence-electron chi connectivity index (χ0n) is 13.8. The highest BCUT2D eigenvalue weighted by Crippen LogP contribution is 2.40. The monoisotopic (exact) mass is 355 g/mol. The van der Waals surface area contributed by atoms with Crippen molar-refractivity contribution in [2.45, 2.75) is 31.9 Å². The Morgan fingerprint density at radius 2 is 1.83 bits per heavy atom. The Hall–Kier alpha value is -1.82. The molecule has 3 amide bonds. The number of nitrogens with zero attached hydrogens (tertiary/aromatic N) is 1. The molecule has 5 nitrogen and oxygen atoms in total. The Morgan fingerprint density at radius 1 is 1.21 bits per heavy atom. The maximum absolute atomic E-state index is 15.1. The van der Waals surface area contributed by atoms with Crippen molar-refractivity contribution in [1.29, 1.82) is 0 Å². The molecular weight excluding hydrogens is 333 g/mol. The Labute approximate surface area is 146 Å². The molecule has 132 valence electrons. The van der Waals surface area contributed by atoms with Crippen LogP contribution >= 0.6 is 11.6 Å². The molecule has 7 heteroatoms. The molecule has 1 aliphatic heterocycles. The number of urea groups is 1. The zero-order valence-corrected chi connectivity index (χ0v) is 14.5. The number of alkyl halides is 1. The molecule has 0 aliphatic carbocycles. The lowest BCUT2D eigenvalue weighted by molar-refractivity contribution is -0.118. The molecule has 0 unspecified atom stereocenters. The van der Waals surface area contributed by atoms with Crippen molar-refractivity contribution in [3.63, 3.8) is 0 Å². The van der Waals surface area contributed by atoms with Crippen LogP contribution in [0.5, 0.6) is 0 Å². The summed E-state index contributed by atoms with van der Waals surface area (Å²) in [6.45, 7) is 3.14. The Balaban J connectivity index is 1.79. The average Bonchev–Trinajstić information content (AvgIpc) is 2.55. The summed E-state index contributed by atoms with van der Waals surface area (Å²) < 4.78 is 15.1. The lowest BCUT2D eigenvalue weighted by Crippen LogP contribution is -2.48. The van der Waals surface area contributed by atoms with Crippen LogP contribution in [-0.4, -0.2) is 43.0 Å². The lowest BCUT2D eigenvalue weighted by atomic mass is 9.86. The van der Waals surface area contributed by atoms with Gasteiger partial charge in [-0.1, -0.05) is 29.8 Å². The van der Waals surface area contributed by atoms with Crippen molar-refractivity contribution in [2.75, 3.05) is 26.2 Å². The Bertz CT molecular complexity index is 589. The van der Waals surface area contributed by atoms with Gasteiger partial charge in [-0.3, -0.25) is 4.79 Å². The fourth-order valence-electron chi connectivity index (χ4n) is 2.82. The lowest BCUT2D eigenvalue weighted by Gasteiger charge is -2.37. The summed E-state index contributed by atoms with van der Waals surface area (Å²) in [6, 6.07) is 6.75. The number of nitrogens with one attached hydrogen (secondary N) is 2. The van der Waals surface area contributed by atoms with Gasteiger partial charge in [-0.15, -0.1) is 0 Å². The number of hydrogen-bond acceptors (Lipinski definition) is 2. The molecule has 0 bridgehead atoms. The molecule has 1 aromatic carbocycles. The molecule has 1 aliphatic rings. The second-order valence-corrected chi connectivity index (χ2v) is 6.41. The summed E-state index contributed by atoms with van der Waals surface area (Å²) in [5.41, 5.74) is -0.984. The highest BCUT2D eigenvalue weighted by Gasteiger charge is 2.38. The number of hydrogen-bond donors (Lipinski definition) is 2. The third-order valence-electron chi connectivity index (χ3n) is 4.20. The van der Waals surface area contributed by atoms with Crippen molar-refractivity contribution in [3.8, 4) is 0 Å². The third kappa shape index (κ3) is 4.84. The van der Waals surface area contributed by atoms with E-state index in [1.165, 1.54) is 6.92 Å². The number of carbonyl (C=O) groups excluding carboxylic acids is 2. The Kier molecular flexibility index (Phi) is 6.43. The second-order valence-electron chi connectivity index (χ2n) is 6.00. The van der Waals surface area contributed by atoms with Crippen molar-refractivity contribution >= 4 is 23.5 Å². The van der Waals surface area contributed by atoms with E-state index in [0.717, 1.165) is 0 Å². The maximum atomic E-state index is 15.1. The normalized spacial score (nSPS) is 16.5. The minimum atomic E-state index is -1.49. The van der Waals surface area contributed by atoms with Gasteiger partial charge >= 0.3 is 6.03 Å². The number of halogens is 2. The summed E-state index contributed by atoms with van der Waals surface area (Å²) in [5.74, 6) is -0.0868. The molecule has 0 radical (unpaired) electrons. The predicted octanol–water partition coefficient (Wildman–Crippen LogP) is 2.84. The van der Waals surface area contributed by atoms with Gasteiger partial charge in [0, 0.05) is 56.5 Å². The van der Waals surface area contributed by atoms with Crippen molar-refractivity contribution in [3.05, 3.63) is 34.9 Å². The number of rotatable bonds is 5. The summed E-state index contributed by atoms with van der Waals surface area (Å²) in [4.78, 5) is 24.4. The van der Waals surface area contributed by atoms with Gasteiger partial charge in [0.05, 0.1) is 0 Å². The Morgan fingerprint density at radius 3 is 2.46 bits per heavy atom. The third-order valence-corrected chi connectivity index (χ3v) is 4.53. The minimum Gasteiger partial charge on any atom is -0.356 e. The second kappa shape index (κ2) is 8.33. The van der Waals surface area contributed by atoms with Gasteiger partial charge in [-0.05, 0) is 12.5 Å². The van der Waals surface area contributed by atoms with Crippen LogP contribution in [0, 0.1) is 0 Å². The molecule has 2 N–H and O–H groups in total. The van der Waals surface area contributed by atoms with Crippen LogP contribution in [0.3, 0.4) is 0 Å². The van der Waals surface area contributed by atoms with E-state index in [2.05, 4.69) is 10.6 Å². The highest BCUT2D eigenvalue weighted by atomic mass is 35.5. The zero-order chi connectivity index (χ0) is 17.6. The number of amides is 3. The van der Waals surface area contributed by atoms with Gasteiger partial charge in [-0.2, -0.15) is 0 Å². The van der Waals surface area contributed by atoms with Crippen LogP contribution in [0.1, 0.15) is 31.7 Å². The minimum absolute atomic E-state index is 0.0868. The van der Waals surface area contributed by atoms with Crippen LogP contribution in [0.25, 0.3) is 0 Å². The first-order valence-corrected chi connectivity index (χ1v) is 8.51. The van der Waals surface area contributed by atoms with E-state index in [1.807, 2.05) is 0 Å². The van der Waals surface area contributed by atoms with Crippen LogP contribution in [-0.2, 0) is 10.5 Å². The van der Waals surface area contributed by atoms with Crippen molar-refractivity contribution < 1.29 is 14.0 Å². The highest BCUT2D eigenvalue weighted by molar-refractivity contribution is 6.31. The van der Waals surface area contributed by atoms with Gasteiger partial charge in [0.15, 0.2) is 0 Å². The van der Waals surface area contributed by atoms with Gasteiger partial charge < -0.3 is 15.5 Å². The first-order chi connectivity index (χ1) is 11.4.